The quantitative estimate of drug-likeness (QED) is 0.767. The maximum absolute atomic E-state index is 14.8. The van der Waals surface area contributed by atoms with E-state index >= 15 is 0 Å². The number of nitrogens with one attached hydrogen (secondary N) is 1. The van der Waals surface area contributed by atoms with Gasteiger partial charge in [-0.1, -0.05) is 19.1 Å². The van der Waals surface area contributed by atoms with Gasteiger partial charge in [0, 0.05) is 37.0 Å². The van der Waals surface area contributed by atoms with E-state index in [1.165, 1.54) is 6.07 Å². The van der Waals surface area contributed by atoms with Gasteiger partial charge >= 0.3 is 0 Å². The molecule has 0 spiro atoms. The Labute approximate surface area is 182 Å². The number of para-hydroxylation sites is 1. The van der Waals surface area contributed by atoms with Gasteiger partial charge in [0.2, 0.25) is 0 Å². The molecule has 1 aromatic carbocycles. The van der Waals surface area contributed by atoms with Crippen LogP contribution in [0.1, 0.15) is 37.4 Å². The molecule has 3 heterocycles. The lowest BCUT2D eigenvalue weighted by Gasteiger charge is -2.40. The Morgan fingerprint density at radius 2 is 2.06 bits per heavy atom. The Hall–Kier alpha value is -3.06. The number of carbonyl (C=O) groups is 1. The molecule has 1 fully saturated rings. The molecule has 3 N–H and O–H groups in total. The summed E-state index contributed by atoms with van der Waals surface area (Å²) in [5.74, 6) is -0.652. The maximum atomic E-state index is 14.8. The number of aromatic nitrogens is 1. The Morgan fingerprint density at radius 3 is 2.77 bits per heavy atom. The summed E-state index contributed by atoms with van der Waals surface area (Å²) in [6, 6.07) is 8.59. The third-order valence-electron chi connectivity index (χ3n) is 6.21. The molecule has 0 aliphatic carbocycles. The summed E-state index contributed by atoms with van der Waals surface area (Å²) in [4.78, 5) is 23.6. The van der Waals surface area contributed by atoms with Crippen molar-refractivity contribution in [2.75, 3.05) is 29.9 Å². The first-order valence-electron chi connectivity index (χ1n) is 10.6. The summed E-state index contributed by atoms with van der Waals surface area (Å²) in [6.45, 7) is 6.10. The van der Waals surface area contributed by atoms with Gasteiger partial charge in [0.15, 0.2) is 0 Å². The van der Waals surface area contributed by atoms with Gasteiger partial charge in [-0.25, -0.2) is 9.38 Å². The van der Waals surface area contributed by atoms with E-state index in [2.05, 4.69) is 22.2 Å². The number of hydrogen-bond donors (Lipinski definition) is 2. The smallest absolute Gasteiger partial charge is 0.270 e. The summed E-state index contributed by atoms with van der Waals surface area (Å²) in [6.07, 6.45) is 5.86. The van der Waals surface area contributed by atoms with E-state index in [-0.39, 0.29) is 17.1 Å². The summed E-state index contributed by atoms with van der Waals surface area (Å²) >= 11 is 0. The lowest BCUT2D eigenvalue weighted by Crippen LogP contribution is -2.43. The number of halogens is 1. The van der Waals surface area contributed by atoms with E-state index < -0.39 is 0 Å². The monoisotopic (exact) mass is 421 g/mol. The lowest BCUT2D eigenvalue weighted by molar-refractivity contribution is -0.110. The largest absolute Gasteiger partial charge is 0.367 e. The van der Waals surface area contributed by atoms with Crippen LogP contribution >= 0.6 is 0 Å². The molecule has 31 heavy (non-hydrogen) atoms. The summed E-state index contributed by atoms with van der Waals surface area (Å²) in [5, 5.41) is 2.89. The number of allylic oxidation sites excluding steroid dienone is 1. The van der Waals surface area contributed by atoms with E-state index in [9.17, 15) is 9.18 Å². The Kier molecular flexibility index (Phi) is 5.87. The molecule has 1 amide bonds. The number of carbonyl (C=O) groups excluding carboxylic acids is 1. The van der Waals surface area contributed by atoms with Crippen molar-refractivity contribution in [2.24, 2.45) is 16.1 Å². The first kappa shape index (κ1) is 21.2. The van der Waals surface area contributed by atoms with E-state index in [1.807, 2.05) is 30.0 Å². The van der Waals surface area contributed by atoms with Crippen LogP contribution in [0, 0.1) is 18.2 Å². The SMILES string of the molecule is Cc1cc(C2=CCC(C(=O)Nc3cccc(F)c3N3CCC(C)(CN)CC3)=N2)ccn1. The van der Waals surface area contributed by atoms with Gasteiger partial charge in [-0.15, -0.1) is 0 Å². The van der Waals surface area contributed by atoms with Crippen LogP contribution in [0.15, 0.2) is 47.6 Å². The van der Waals surface area contributed by atoms with Crippen molar-refractivity contribution in [3.63, 3.8) is 0 Å². The molecule has 6 nitrogen and oxygen atoms in total. The number of anilines is 2. The Morgan fingerprint density at radius 1 is 1.29 bits per heavy atom. The van der Waals surface area contributed by atoms with Gasteiger partial charge in [-0.2, -0.15) is 0 Å². The number of piperidine rings is 1. The molecule has 0 atom stereocenters. The average Bonchev–Trinajstić information content (AvgIpc) is 3.26. The second-order valence-corrected chi connectivity index (χ2v) is 8.63. The summed E-state index contributed by atoms with van der Waals surface area (Å²) in [5.41, 5.74) is 9.88. The Bertz CT molecular complexity index is 1050. The van der Waals surface area contributed by atoms with Crippen LogP contribution in [0.4, 0.5) is 15.8 Å². The second kappa shape index (κ2) is 8.59. The number of hydrogen-bond acceptors (Lipinski definition) is 5. The lowest BCUT2D eigenvalue weighted by atomic mass is 9.80. The summed E-state index contributed by atoms with van der Waals surface area (Å²) in [7, 11) is 0. The van der Waals surface area contributed by atoms with Gasteiger partial charge in [-0.3, -0.25) is 9.78 Å². The fraction of sp³-hybridized carbons (Fsp3) is 0.375. The summed E-state index contributed by atoms with van der Waals surface area (Å²) < 4.78 is 14.8. The molecule has 7 heteroatoms. The van der Waals surface area contributed by atoms with Crippen LogP contribution in [-0.2, 0) is 4.79 Å². The van der Waals surface area contributed by atoms with Crippen LogP contribution in [0.5, 0.6) is 0 Å². The van der Waals surface area contributed by atoms with Crippen LogP contribution in [0.25, 0.3) is 5.70 Å². The van der Waals surface area contributed by atoms with Gasteiger partial charge in [0.05, 0.1) is 17.1 Å². The zero-order valence-corrected chi connectivity index (χ0v) is 18.0. The predicted molar refractivity (Wildman–Crippen MR) is 123 cm³/mol. The number of pyridine rings is 1. The van der Waals surface area contributed by atoms with Crippen molar-refractivity contribution in [1.82, 2.24) is 4.98 Å². The normalized spacial score (nSPS) is 17.9. The van der Waals surface area contributed by atoms with Crippen LogP contribution < -0.4 is 16.0 Å². The minimum atomic E-state index is -0.339. The number of rotatable bonds is 5. The highest BCUT2D eigenvalue weighted by Crippen LogP contribution is 2.36. The molecule has 1 saturated heterocycles. The second-order valence-electron chi connectivity index (χ2n) is 8.63. The highest BCUT2D eigenvalue weighted by Gasteiger charge is 2.31. The van der Waals surface area contributed by atoms with Crippen molar-refractivity contribution >= 4 is 28.7 Å². The fourth-order valence-electron chi connectivity index (χ4n) is 4.07. The Balaban J connectivity index is 1.51. The molecular weight excluding hydrogens is 393 g/mol. The molecule has 0 saturated carbocycles. The van der Waals surface area contributed by atoms with Crippen molar-refractivity contribution in [1.29, 1.82) is 0 Å². The first-order valence-corrected chi connectivity index (χ1v) is 10.6. The minimum absolute atomic E-state index is 0.0805. The van der Waals surface area contributed by atoms with E-state index in [0.717, 1.165) is 29.8 Å². The minimum Gasteiger partial charge on any atom is -0.367 e. The van der Waals surface area contributed by atoms with Crippen LogP contribution in [0.2, 0.25) is 0 Å². The number of aryl methyl sites for hydroxylation is 1. The van der Waals surface area contributed by atoms with Crippen molar-refractivity contribution in [2.45, 2.75) is 33.1 Å². The van der Waals surface area contributed by atoms with Gasteiger partial charge < -0.3 is 16.0 Å². The third-order valence-corrected chi connectivity index (χ3v) is 6.21. The molecule has 0 bridgehead atoms. The molecule has 162 valence electrons. The molecule has 4 rings (SSSR count). The topological polar surface area (TPSA) is 83.6 Å². The van der Waals surface area contributed by atoms with Gasteiger partial charge in [-0.05, 0) is 56.0 Å². The number of nitrogens with zero attached hydrogens (tertiary/aromatic N) is 3. The molecule has 2 aliphatic heterocycles. The first-order chi connectivity index (χ1) is 14.9. The number of nitrogens with two attached hydrogens (primary N) is 1. The van der Waals surface area contributed by atoms with Crippen molar-refractivity contribution in [3.05, 3.63) is 59.7 Å². The maximum Gasteiger partial charge on any atom is 0.270 e. The highest BCUT2D eigenvalue weighted by atomic mass is 19.1. The highest BCUT2D eigenvalue weighted by molar-refractivity contribution is 6.45. The van der Waals surface area contributed by atoms with Crippen molar-refractivity contribution in [3.8, 4) is 0 Å². The standard InChI is InChI=1S/C24H28FN5O/c1-16-14-17(8-11-27-16)19-6-7-21(28-19)23(31)29-20-5-3-4-18(25)22(20)30-12-9-24(2,15-26)10-13-30/h3-6,8,11,14H,7,9-10,12-13,15,26H2,1-2H3,(H,29,31). The molecule has 1 aromatic heterocycles. The van der Waals surface area contributed by atoms with Crippen LogP contribution in [-0.4, -0.2) is 36.2 Å². The number of aliphatic imine (C=N–C) groups is 1. The number of benzene rings is 1. The van der Waals surface area contributed by atoms with E-state index in [0.29, 0.717) is 43.1 Å². The van der Waals surface area contributed by atoms with Crippen LogP contribution in [0.3, 0.4) is 0 Å². The fourth-order valence-corrected chi connectivity index (χ4v) is 4.07. The molecular formula is C24H28FN5O. The predicted octanol–water partition coefficient (Wildman–Crippen LogP) is 3.92. The zero-order valence-electron chi connectivity index (χ0n) is 18.0. The number of amides is 1. The molecule has 2 aromatic rings. The zero-order chi connectivity index (χ0) is 22.0. The molecule has 2 aliphatic rings. The van der Waals surface area contributed by atoms with E-state index in [1.54, 1.807) is 18.3 Å². The van der Waals surface area contributed by atoms with Gasteiger partial charge in [0.1, 0.15) is 11.5 Å². The molecule has 0 radical (unpaired) electrons. The van der Waals surface area contributed by atoms with E-state index in [4.69, 9.17) is 5.73 Å². The average molecular weight is 422 g/mol. The molecule has 0 unspecified atom stereocenters. The third kappa shape index (κ3) is 4.51. The van der Waals surface area contributed by atoms with Gasteiger partial charge in [0.25, 0.3) is 5.91 Å². The van der Waals surface area contributed by atoms with Crippen molar-refractivity contribution < 1.29 is 9.18 Å².